The van der Waals surface area contributed by atoms with Crippen LogP contribution in [0.3, 0.4) is 0 Å². The number of nitrogens with one attached hydrogen (secondary N) is 1. The van der Waals surface area contributed by atoms with Gasteiger partial charge in [-0.2, -0.15) is 0 Å². The summed E-state index contributed by atoms with van der Waals surface area (Å²) in [5, 5.41) is 7.69. The molecule has 2 aromatic heterocycles. The number of primary amides is 1. The maximum absolute atomic E-state index is 13.0. The van der Waals surface area contributed by atoms with Gasteiger partial charge in [0.25, 0.3) is 11.8 Å². The summed E-state index contributed by atoms with van der Waals surface area (Å²) in [4.78, 5) is 43.9. The molecule has 0 unspecified atom stereocenters. The van der Waals surface area contributed by atoms with Gasteiger partial charge in [0, 0.05) is 30.3 Å². The molecule has 1 saturated carbocycles. The van der Waals surface area contributed by atoms with Crippen LogP contribution < -0.4 is 11.1 Å². The van der Waals surface area contributed by atoms with Gasteiger partial charge in [-0.3, -0.25) is 14.4 Å². The number of piperidine rings is 1. The third-order valence-electron chi connectivity index (χ3n) is 7.63. The largest absolute Gasteiger partial charge is 0.365 e. The number of thiazole rings is 1. The highest BCUT2D eigenvalue weighted by molar-refractivity contribution is 7.15. The van der Waals surface area contributed by atoms with E-state index in [0.29, 0.717) is 16.3 Å². The summed E-state index contributed by atoms with van der Waals surface area (Å²) in [5.74, 6) is -0.294. The average Bonchev–Trinajstić information content (AvgIpc) is 3.17. The quantitative estimate of drug-likeness (QED) is 0.676. The molecule has 3 heterocycles. The van der Waals surface area contributed by atoms with Crippen LogP contribution in [-0.4, -0.2) is 40.7 Å². The number of hydrogen-bond donors (Lipinski definition) is 2. The first kappa shape index (κ1) is 22.9. The van der Waals surface area contributed by atoms with Crippen molar-refractivity contribution in [2.24, 2.45) is 22.5 Å². The number of aryl methyl sites for hydroxylation is 1. The molecule has 0 bridgehead atoms. The number of nitrogens with two attached hydrogens (primary N) is 1. The lowest BCUT2D eigenvalue weighted by Gasteiger charge is -2.31. The van der Waals surface area contributed by atoms with Gasteiger partial charge in [0.15, 0.2) is 0 Å². The third-order valence-corrected chi connectivity index (χ3v) is 9.65. The Bertz CT molecular complexity index is 1060. The Labute approximate surface area is 196 Å². The topological polar surface area (TPSA) is 105 Å². The second-order valence-electron chi connectivity index (χ2n) is 9.99. The average molecular weight is 475 g/mol. The number of nitrogens with zero attached hydrogens (tertiary/aromatic N) is 2. The van der Waals surface area contributed by atoms with E-state index in [9.17, 15) is 14.4 Å². The van der Waals surface area contributed by atoms with Crippen LogP contribution in [-0.2, 0) is 4.79 Å². The maximum atomic E-state index is 13.0. The number of thiophene rings is 1. The molecular formula is C23H30N4O3S2. The van der Waals surface area contributed by atoms with E-state index in [1.807, 2.05) is 4.90 Å². The standard InChI is InChI=1S/C23H30N4O3S2/c1-12-10-31-20(15(12)17(24)28)26-18(29)14-11-32-19(25-14)13-6-8-27(9-7-13)21(30)16-22(2,3)23(16,4)5/h10-11,13,16H,6-9H2,1-5H3,(H2,24,28)(H,26,29). The molecule has 1 aliphatic heterocycles. The van der Waals surface area contributed by atoms with Crippen LogP contribution >= 0.6 is 22.7 Å². The van der Waals surface area contributed by atoms with Crippen LogP contribution in [0.1, 0.15) is 77.9 Å². The number of amides is 3. The molecule has 2 aliphatic rings. The molecule has 0 atom stereocenters. The highest BCUT2D eigenvalue weighted by atomic mass is 32.1. The van der Waals surface area contributed by atoms with Crippen molar-refractivity contribution in [2.75, 3.05) is 18.4 Å². The molecule has 4 rings (SSSR count). The Hall–Kier alpha value is -2.26. The number of likely N-dealkylation sites (tertiary alicyclic amines) is 1. The van der Waals surface area contributed by atoms with E-state index in [-0.39, 0.29) is 34.5 Å². The van der Waals surface area contributed by atoms with E-state index in [0.717, 1.165) is 36.5 Å². The predicted octanol–water partition coefficient (Wildman–Crippen LogP) is 4.25. The summed E-state index contributed by atoms with van der Waals surface area (Å²) in [5.41, 5.74) is 6.97. The van der Waals surface area contributed by atoms with Crippen LogP contribution in [0.15, 0.2) is 10.8 Å². The molecule has 32 heavy (non-hydrogen) atoms. The van der Waals surface area contributed by atoms with Crippen molar-refractivity contribution < 1.29 is 14.4 Å². The minimum absolute atomic E-state index is 0.0496. The van der Waals surface area contributed by atoms with E-state index in [2.05, 4.69) is 38.0 Å². The summed E-state index contributed by atoms with van der Waals surface area (Å²) < 4.78 is 0. The van der Waals surface area contributed by atoms with E-state index < -0.39 is 5.91 Å². The SMILES string of the molecule is Cc1csc(NC(=O)c2csc(C3CCN(C(=O)C4C(C)(C)C4(C)C)CC3)n2)c1C(N)=O. The lowest BCUT2D eigenvalue weighted by Crippen LogP contribution is -2.39. The fraction of sp³-hybridized carbons (Fsp3) is 0.565. The Morgan fingerprint density at radius 3 is 2.28 bits per heavy atom. The van der Waals surface area contributed by atoms with Crippen molar-refractivity contribution in [2.45, 2.75) is 53.4 Å². The van der Waals surface area contributed by atoms with Crippen molar-refractivity contribution in [3.63, 3.8) is 0 Å². The summed E-state index contributed by atoms with van der Waals surface area (Å²) in [7, 11) is 0. The number of aromatic nitrogens is 1. The smallest absolute Gasteiger partial charge is 0.275 e. The Kier molecular flexibility index (Phi) is 5.69. The first-order chi connectivity index (χ1) is 14.9. The van der Waals surface area contributed by atoms with Crippen LogP contribution in [0.5, 0.6) is 0 Å². The summed E-state index contributed by atoms with van der Waals surface area (Å²) in [6.07, 6.45) is 1.70. The normalized spacial score (nSPS) is 20.2. The molecule has 172 valence electrons. The van der Waals surface area contributed by atoms with Gasteiger partial charge < -0.3 is 16.0 Å². The lowest BCUT2D eigenvalue weighted by atomic mass is 9.96. The van der Waals surface area contributed by atoms with Gasteiger partial charge in [-0.1, -0.05) is 27.7 Å². The fourth-order valence-corrected chi connectivity index (χ4v) is 6.85. The van der Waals surface area contributed by atoms with Crippen molar-refractivity contribution in [3.8, 4) is 0 Å². The van der Waals surface area contributed by atoms with E-state index in [1.54, 1.807) is 17.7 Å². The van der Waals surface area contributed by atoms with Crippen LogP contribution in [0, 0.1) is 23.7 Å². The minimum atomic E-state index is -0.558. The van der Waals surface area contributed by atoms with Gasteiger partial charge >= 0.3 is 0 Å². The molecule has 2 aromatic rings. The van der Waals surface area contributed by atoms with Crippen LogP contribution in [0.25, 0.3) is 0 Å². The van der Waals surface area contributed by atoms with Crippen molar-refractivity contribution in [1.29, 1.82) is 0 Å². The Balaban J connectivity index is 1.36. The zero-order valence-corrected chi connectivity index (χ0v) is 20.8. The second-order valence-corrected chi connectivity index (χ2v) is 11.8. The summed E-state index contributed by atoms with van der Waals surface area (Å²) >= 11 is 2.75. The van der Waals surface area contributed by atoms with Gasteiger partial charge in [0.1, 0.15) is 10.7 Å². The maximum Gasteiger partial charge on any atom is 0.275 e. The first-order valence-corrected chi connectivity index (χ1v) is 12.6. The Morgan fingerprint density at radius 1 is 1.09 bits per heavy atom. The van der Waals surface area contributed by atoms with Gasteiger partial charge in [-0.25, -0.2) is 4.98 Å². The summed E-state index contributed by atoms with van der Waals surface area (Å²) in [6.45, 7) is 11.9. The summed E-state index contributed by atoms with van der Waals surface area (Å²) in [6, 6.07) is 0. The molecule has 2 fully saturated rings. The predicted molar refractivity (Wildman–Crippen MR) is 127 cm³/mol. The van der Waals surface area contributed by atoms with E-state index in [4.69, 9.17) is 5.73 Å². The minimum Gasteiger partial charge on any atom is -0.365 e. The second kappa shape index (κ2) is 7.95. The molecule has 0 aromatic carbocycles. The lowest BCUT2D eigenvalue weighted by molar-refractivity contribution is -0.134. The monoisotopic (exact) mass is 474 g/mol. The van der Waals surface area contributed by atoms with Crippen LogP contribution in [0.4, 0.5) is 5.00 Å². The molecule has 9 heteroatoms. The number of carbonyl (C=O) groups excluding carboxylic acids is 3. The molecule has 3 N–H and O–H groups in total. The van der Waals surface area contributed by atoms with E-state index >= 15 is 0 Å². The first-order valence-electron chi connectivity index (χ1n) is 10.9. The number of anilines is 1. The zero-order valence-electron chi connectivity index (χ0n) is 19.2. The van der Waals surface area contributed by atoms with Crippen molar-refractivity contribution >= 4 is 45.4 Å². The molecule has 7 nitrogen and oxygen atoms in total. The third kappa shape index (κ3) is 3.75. The van der Waals surface area contributed by atoms with Crippen molar-refractivity contribution in [1.82, 2.24) is 9.88 Å². The number of hydrogen-bond acceptors (Lipinski definition) is 6. The molecule has 3 amide bonds. The molecular weight excluding hydrogens is 444 g/mol. The Morgan fingerprint density at radius 2 is 1.72 bits per heavy atom. The number of carbonyl (C=O) groups is 3. The molecule has 0 radical (unpaired) electrons. The van der Waals surface area contributed by atoms with E-state index in [1.165, 1.54) is 22.7 Å². The van der Waals surface area contributed by atoms with Crippen LogP contribution in [0.2, 0.25) is 0 Å². The highest BCUT2D eigenvalue weighted by Gasteiger charge is 2.68. The van der Waals surface area contributed by atoms with Gasteiger partial charge in [0.2, 0.25) is 5.91 Å². The number of rotatable bonds is 5. The molecule has 1 aliphatic carbocycles. The highest BCUT2D eigenvalue weighted by Crippen LogP contribution is 2.68. The fourth-order valence-electron chi connectivity index (χ4n) is 4.93. The molecule has 1 saturated heterocycles. The van der Waals surface area contributed by atoms with Gasteiger partial charge in [0.05, 0.1) is 10.6 Å². The van der Waals surface area contributed by atoms with Gasteiger partial charge in [-0.05, 0) is 41.5 Å². The molecule has 0 spiro atoms. The van der Waals surface area contributed by atoms with Crippen molar-refractivity contribution in [3.05, 3.63) is 32.6 Å². The zero-order chi connectivity index (χ0) is 23.4. The van der Waals surface area contributed by atoms with Gasteiger partial charge in [-0.15, -0.1) is 22.7 Å².